The van der Waals surface area contributed by atoms with Crippen LogP contribution in [0.1, 0.15) is 68.7 Å². The van der Waals surface area contributed by atoms with Gasteiger partial charge in [0.1, 0.15) is 11.3 Å². The molecule has 4 rings (SSSR count). The number of hydrogen-bond donors (Lipinski definition) is 1. The number of aryl methyl sites for hydroxylation is 1. The smallest absolute Gasteiger partial charge is 0.335 e. The van der Waals surface area contributed by atoms with E-state index in [1.165, 1.54) is 6.08 Å². The molecule has 4 amide bonds. The molecule has 1 N–H and O–H groups in total. The molecule has 0 radical (unpaired) electrons. The lowest BCUT2D eigenvalue weighted by Gasteiger charge is -2.48. The first kappa shape index (κ1) is 25.5. The van der Waals surface area contributed by atoms with Gasteiger partial charge in [-0.2, -0.15) is 0 Å². The Morgan fingerprint density at radius 3 is 2.53 bits per heavy atom. The molecule has 1 atom stereocenters. The summed E-state index contributed by atoms with van der Waals surface area (Å²) in [7, 11) is 1.58. The van der Waals surface area contributed by atoms with E-state index in [0.29, 0.717) is 17.0 Å². The Balaban J connectivity index is 1.83. The molecule has 0 spiro atoms. The molecule has 1 fully saturated rings. The maximum Gasteiger partial charge on any atom is 0.335 e. The number of benzene rings is 2. The monoisotopic (exact) mass is 489 g/mol. The second-order valence-corrected chi connectivity index (χ2v) is 10.4. The second-order valence-electron chi connectivity index (χ2n) is 10.4. The van der Waals surface area contributed by atoms with Gasteiger partial charge < -0.3 is 9.64 Å². The summed E-state index contributed by atoms with van der Waals surface area (Å²) in [6, 6.07) is 8.68. The number of ether oxygens (including phenoxy) is 1. The number of carbonyl (C=O) groups excluding carboxylic acids is 3. The third-order valence-electron chi connectivity index (χ3n) is 7.40. The molecule has 2 aliphatic rings. The molecule has 0 aliphatic carbocycles. The molecular formula is C29H35N3O4. The second kappa shape index (κ2) is 9.45. The topological polar surface area (TPSA) is 79.0 Å². The van der Waals surface area contributed by atoms with Crippen molar-refractivity contribution in [2.75, 3.05) is 23.5 Å². The quantitative estimate of drug-likeness (QED) is 0.444. The van der Waals surface area contributed by atoms with Gasteiger partial charge in [-0.1, -0.05) is 26.0 Å². The fourth-order valence-electron chi connectivity index (χ4n) is 5.47. The Labute approximate surface area is 213 Å². The summed E-state index contributed by atoms with van der Waals surface area (Å²) < 4.78 is 5.73. The fourth-order valence-corrected chi connectivity index (χ4v) is 5.47. The van der Waals surface area contributed by atoms with Crippen LogP contribution in [0.25, 0.3) is 6.08 Å². The molecule has 7 heteroatoms. The fraction of sp³-hybridized carbons (Fsp3) is 0.414. The zero-order valence-corrected chi connectivity index (χ0v) is 22.2. The first-order valence-electron chi connectivity index (χ1n) is 12.5. The van der Waals surface area contributed by atoms with Crippen LogP contribution >= 0.6 is 0 Å². The van der Waals surface area contributed by atoms with Crippen molar-refractivity contribution in [3.63, 3.8) is 0 Å². The van der Waals surface area contributed by atoms with Crippen LogP contribution in [0.15, 0.2) is 35.9 Å². The predicted octanol–water partition coefficient (Wildman–Crippen LogP) is 5.48. The van der Waals surface area contributed by atoms with Crippen LogP contribution in [0.2, 0.25) is 0 Å². The Hall–Kier alpha value is -3.61. The number of barbiturate groups is 1. The molecule has 1 unspecified atom stereocenters. The third kappa shape index (κ3) is 4.27. The van der Waals surface area contributed by atoms with E-state index in [1.807, 2.05) is 32.0 Å². The number of carbonyl (C=O) groups is 3. The van der Waals surface area contributed by atoms with E-state index >= 15 is 0 Å². The van der Waals surface area contributed by atoms with Gasteiger partial charge in [-0.15, -0.1) is 0 Å². The number of nitrogens with one attached hydrogen (secondary N) is 1. The zero-order valence-electron chi connectivity index (χ0n) is 22.2. The summed E-state index contributed by atoms with van der Waals surface area (Å²) in [6.45, 7) is 13.6. The van der Waals surface area contributed by atoms with E-state index in [4.69, 9.17) is 4.74 Å². The first-order chi connectivity index (χ1) is 17.0. The summed E-state index contributed by atoms with van der Waals surface area (Å²) in [6.07, 6.45) is 3.54. The minimum absolute atomic E-state index is 0.000815. The number of imide groups is 2. The van der Waals surface area contributed by atoms with E-state index < -0.39 is 17.8 Å². The molecule has 1 saturated heterocycles. The Morgan fingerprint density at radius 2 is 1.86 bits per heavy atom. The van der Waals surface area contributed by atoms with E-state index in [1.54, 1.807) is 19.2 Å². The lowest BCUT2D eigenvalue weighted by molar-refractivity contribution is -0.122. The van der Waals surface area contributed by atoms with Crippen molar-refractivity contribution in [2.45, 2.75) is 65.8 Å². The van der Waals surface area contributed by atoms with Gasteiger partial charge in [0.05, 0.1) is 12.8 Å². The van der Waals surface area contributed by atoms with Crippen molar-refractivity contribution in [1.29, 1.82) is 0 Å². The summed E-state index contributed by atoms with van der Waals surface area (Å²) in [5.74, 6) is -0.509. The molecule has 0 bridgehead atoms. The highest BCUT2D eigenvalue weighted by Gasteiger charge is 2.39. The highest BCUT2D eigenvalue weighted by atomic mass is 16.5. The number of anilines is 2. The minimum atomic E-state index is -0.751. The van der Waals surface area contributed by atoms with Gasteiger partial charge in [0.15, 0.2) is 0 Å². The Bertz CT molecular complexity index is 1280. The number of methoxy groups -OCH3 is 1. The average molecular weight is 490 g/mol. The van der Waals surface area contributed by atoms with Crippen molar-refractivity contribution < 1.29 is 19.1 Å². The third-order valence-corrected chi connectivity index (χ3v) is 7.40. The lowest BCUT2D eigenvalue weighted by Crippen LogP contribution is -2.54. The van der Waals surface area contributed by atoms with Gasteiger partial charge in [0.2, 0.25) is 0 Å². The summed E-state index contributed by atoms with van der Waals surface area (Å²) in [4.78, 5) is 42.5. The minimum Gasteiger partial charge on any atom is -0.496 e. The molecular weight excluding hydrogens is 454 g/mol. The first-order valence-corrected chi connectivity index (χ1v) is 12.5. The Morgan fingerprint density at radius 1 is 1.14 bits per heavy atom. The highest BCUT2D eigenvalue weighted by Crippen LogP contribution is 2.46. The number of amides is 4. The van der Waals surface area contributed by atoms with Crippen LogP contribution in [0.4, 0.5) is 16.2 Å². The average Bonchev–Trinajstić information content (AvgIpc) is 2.81. The van der Waals surface area contributed by atoms with Crippen LogP contribution < -0.4 is 19.9 Å². The summed E-state index contributed by atoms with van der Waals surface area (Å²) in [5.41, 5.74) is 5.00. The number of nitrogens with zero attached hydrogens (tertiary/aromatic N) is 2. The molecule has 0 aromatic heterocycles. The van der Waals surface area contributed by atoms with Crippen molar-refractivity contribution >= 4 is 35.3 Å². The molecule has 2 heterocycles. The lowest BCUT2D eigenvalue weighted by atomic mass is 9.79. The molecule has 2 aliphatic heterocycles. The highest BCUT2D eigenvalue weighted by molar-refractivity contribution is 6.39. The predicted molar refractivity (Wildman–Crippen MR) is 143 cm³/mol. The number of rotatable bonds is 5. The number of urea groups is 1. The number of fused-ring (bicyclic) bond motifs is 1. The Kier molecular flexibility index (Phi) is 6.69. The molecule has 2 aromatic rings. The standard InChI is InChI=1S/C29H35N3O4/c1-8-12-31-24-15-25(36-7)20(13-21(24)18(3)16-29(31,5)6)14-22-26(33)30-28(35)32(27(22)34)23-11-9-10-17(2)19(23)4/h9-11,13-15,18H,8,12,16H2,1-7H3,(H,30,33,35)/b22-14-. The van der Waals surface area contributed by atoms with Gasteiger partial charge in [0.25, 0.3) is 11.8 Å². The van der Waals surface area contributed by atoms with Crippen molar-refractivity contribution in [2.24, 2.45) is 0 Å². The van der Waals surface area contributed by atoms with Crippen molar-refractivity contribution in [3.8, 4) is 5.75 Å². The largest absolute Gasteiger partial charge is 0.496 e. The molecule has 7 nitrogen and oxygen atoms in total. The normalized spacial score (nSPS) is 20.5. The van der Waals surface area contributed by atoms with E-state index in [-0.39, 0.29) is 17.0 Å². The maximum atomic E-state index is 13.5. The molecule has 190 valence electrons. The van der Waals surface area contributed by atoms with Gasteiger partial charge >= 0.3 is 6.03 Å². The van der Waals surface area contributed by atoms with Crippen LogP contribution in [0.5, 0.6) is 5.75 Å². The van der Waals surface area contributed by atoms with Crippen LogP contribution in [-0.2, 0) is 9.59 Å². The van der Waals surface area contributed by atoms with Gasteiger partial charge in [-0.3, -0.25) is 14.9 Å². The zero-order chi connectivity index (χ0) is 26.4. The van der Waals surface area contributed by atoms with Crippen LogP contribution in [-0.4, -0.2) is 37.0 Å². The molecule has 0 saturated carbocycles. The van der Waals surface area contributed by atoms with Crippen molar-refractivity contribution in [3.05, 3.63) is 58.2 Å². The SMILES string of the molecule is CCCN1c2cc(OC)c(/C=C3/C(=O)NC(=O)N(c4cccc(C)c4C)C3=O)cc2C(C)CC1(C)C. The van der Waals surface area contributed by atoms with Crippen LogP contribution in [0.3, 0.4) is 0 Å². The molecule has 2 aromatic carbocycles. The van der Waals surface area contributed by atoms with Crippen molar-refractivity contribution in [1.82, 2.24) is 5.32 Å². The number of hydrogen-bond acceptors (Lipinski definition) is 5. The van der Waals surface area contributed by atoms with Gasteiger partial charge in [-0.25, -0.2) is 9.69 Å². The van der Waals surface area contributed by atoms with Gasteiger partial charge in [-0.05, 0) is 81.4 Å². The summed E-state index contributed by atoms with van der Waals surface area (Å²) in [5, 5.41) is 2.33. The van der Waals surface area contributed by atoms with E-state index in [9.17, 15) is 14.4 Å². The van der Waals surface area contributed by atoms with E-state index in [2.05, 4.69) is 37.9 Å². The van der Waals surface area contributed by atoms with Crippen LogP contribution in [0, 0.1) is 13.8 Å². The maximum absolute atomic E-state index is 13.5. The summed E-state index contributed by atoms with van der Waals surface area (Å²) >= 11 is 0. The van der Waals surface area contributed by atoms with Gasteiger partial charge in [0, 0.05) is 29.4 Å². The molecule has 36 heavy (non-hydrogen) atoms. The van der Waals surface area contributed by atoms with E-state index in [0.717, 1.165) is 46.7 Å².